The molecule has 1 N–H and O–H groups in total. The molecule has 0 amide bonds. The highest BCUT2D eigenvalue weighted by Gasteiger charge is 2.49. The van der Waals surface area contributed by atoms with Gasteiger partial charge in [-0.25, -0.2) is 0 Å². The molecule has 1 aliphatic rings. The molecule has 1 fully saturated rings. The van der Waals surface area contributed by atoms with Gasteiger partial charge in [-0.15, -0.1) is 0 Å². The van der Waals surface area contributed by atoms with E-state index in [9.17, 15) is 5.11 Å². The van der Waals surface area contributed by atoms with Crippen LogP contribution in [0.15, 0.2) is 42.5 Å². The zero-order chi connectivity index (χ0) is 13.8. The average molecular weight is 259 g/mol. The van der Waals surface area contributed by atoms with Crippen molar-refractivity contribution in [2.75, 3.05) is 0 Å². The van der Waals surface area contributed by atoms with Gasteiger partial charge in [0.1, 0.15) is 18.3 Å². The molecule has 4 nitrogen and oxygen atoms in total. The summed E-state index contributed by atoms with van der Waals surface area (Å²) in [5.41, 5.74) is 1.22. The number of rotatable bonds is 6. The highest BCUT2D eigenvalue weighted by atomic mass is 16.6. The van der Waals surface area contributed by atoms with Crippen LogP contribution in [0.4, 0.5) is 0 Å². The Kier molecular flexibility index (Phi) is 4.33. The summed E-state index contributed by atoms with van der Waals surface area (Å²) in [6.07, 6.45) is -1.62. The lowest BCUT2D eigenvalue weighted by molar-refractivity contribution is 0.0339. The van der Waals surface area contributed by atoms with Gasteiger partial charge >= 0.3 is 0 Å². The molecule has 0 saturated carbocycles. The standard InChI is InChI=1S/C15H17NO3/c1-10(8-16)13(17)15-14(19-15)11(2)18-9-12-6-4-3-5-7-12/h3-7,11,13-15,17H,1,9H2,2H3/t11-,13+,14+,15-/m0/s1. The monoisotopic (exact) mass is 259 g/mol. The number of nitriles is 1. The summed E-state index contributed by atoms with van der Waals surface area (Å²) in [5, 5.41) is 18.4. The van der Waals surface area contributed by atoms with E-state index in [2.05, 4.69) is 6.58 Å². The summed E-state index contributed by atoms with van der Waals surface area (Å²) in [4.78, 5) is 0. The van der Waals surface area contributed by atoms with E-state index in [0.717, 1.165) is 5.56 Å². The van der Waals surface area contributed by atoms with E-state index in [0.29, 0.717) is 6.61 Å². The predicted octanol–water partition coefficient (Wildman–Crippen LogP) is 1.80. The van der Waals surface area contributed by atoms with Crippen molar-refractivity contribution < 1.29 is 14.6 Å². The summed E-state index contributed by atoms with van der Waals surface area (Å²) in [6.45, 7) is 5.89. The van der Waals surface area contributed by atoms with Crippen LogP contribution >= 0.6 is 0 Å². The number of hydrogen-bond donors (Lipinski definition) is 1. The lowest BCUT2D eigenvalue weighted by Crippen LogP contribution is -2.24. The third-order valence-corrected chi connectivity index (χ3v) is 3.19. The Labute approximate surface area is 112 Å². The molecule has 19 heavy (non-hydrogen) atoms. The van der Waals surface area contributed by atoms with E-state index in [1.54, 1.807) is 0 Å². The number of epoxide rings is 1. The van der Waals surface area contributed by atoms with Crippen molar-refractivity contribution in [3.05, 3.63) is 48.0 Å². The maximum absolute atomic E-state index is 9.76. The van der Waals surface area contributed by atoms with Gasteiger partial charge in [-0.3, -0.25) is 0 Å². The fraction of sp³-hybridized carbons (Fsp3) is 0.400. The van der Waals surface area contributed by atoms with Gasteiger partial charge in [0.25, 0.3) is 0 Å². The first-order chi connectivity index (χ1) is 9.13. The second-order valence-electron chi connectivity index (χ2n) is 4.65. The van der Waals surface area contributed by atoms with Crippen molar-refractivity contribution in [2.24, 2.45) is 0 Å². The second kappa shape index (κ2) is 5.98. The smallest absolute Gasteiger partial charge is 0.118 e. The third kappa shape index (κ3) is 3.42. The van der Waals surface area contributed by atoms with Gasteiger partial charge in [0.05, 0.1) is 24.4 Å². The fourth-order valence-corrected chi connectivity index (χ4v) is 1.93. The molecular formula is C15H17NO3. The van der Waals surface area contributed by atoms with E-state index in [4.69, 9.17) is 14.7 Å². The van der Waals surface area contributed by atoms with Gasteiger partial charge in [-0.05, 0) is 12.5 Å². The Bertz CT molecular complexity index is 480. The number of aliphatic hydroxyl groups excluding tert-OH is 1. The van der Waals surface area contributed by atoms with Crippen LogP contribution < -0.4 is 0 Å². The van der Waals surface area contributed by atoms with Crippen LogP contribution in [0.5, 0.6) is 0 Å². The molecule has 0 spiro atoms. The molecule has 2 rings (SSSR count). The highest BCUT2D eigenvalue weighted by Crippen LogP contribution is 2.32. The molecule has 0 aromatic heterocycles. The minimum atomic E-state index is -0.933. The predicted molar refractivity (Wildman–Crippen MR) is 70.1 cm³/mol. The van der Waals surface area contributed by atoms with Crippen molar-refractivity contribution in [2.45, 2.75) is 37.9 Å². The molecule has 0 bridgehead atoms. The van der Waals surface area contributed by atoms with E-state index in [1.807, 2.05) is 43.3 Å². The van der Waals surface area contributed by atoms with Gasteiger partial charge in [0.2, 0.25) is 0 Å². The molecule has 1 aromatic carbocycles. The second-order valence-corrected chi connectivity index (χ2v) is 4.65. The zero-order valence-corrected chi connectivity index (χ0v) is 10.8. The van der Waals surface area contributed by atoms with E-state index in [1.165, 1.54) is 0 Å². The largest absolute Gasteiger partial charge is 0.385 e. The number of ether oxygens (including phenoxy) is 2. The normalized spacial score (nSPS) is 24.3. The van der Waals surface area contributed by atoms with Crippen molar-refractivity contribution >= 4 is 0 Å². The summed E-state index contributed by atoms with van der Waals surface area (Å²) < 4.78 is 11.1. The number of benzene rings is 1. The van der Waals surface area contributed by atoms with E-state index >= 15 is 0 Å². The average Bonchev–Trinajstić information content (AvgIpc) is 3.24. The van der Waals surface area contributed by atoms with Crippen LogP contribution in [0.1, 0.15) is 12.5 Å². The summed E-state index contributed by atoms with van der Waals surface area (Å²) >= 11 is 0. The Morgan fingerprint density at radius 2 is 2.16 bits per heavy atom. The molecule has 0 unspecified atom stereocenters. The van der Waals surface area contributed by atoms with Crippen LogP contribution in [0.2, 0.25) is 0 Å². The van der Waals surface area contributed by atoms with Gasteiger partial charge in [0, 0.05) is 0 Å². The zero-order valence-electron chi connectivity index (χ0n) is 10.8. The minimum Gasteiger partial charge on any atom is -0.385 e. The topological polar surface area (TPSA) is 65.8 Å². The van der Waals surface area contributed by atoms with E-state index in [-0.39, 0.29) is 23.9 Å². The molecule has 1 heterocycles. The van der Waals surface area contributed by atoms with Gasteiger partial charge < -0.3 is 14.6 Å². The first kappa shape index (κ1) is 13.8. The Morgan fingerprint density at radius 1 is 1.47 bits per heavy atom. The maximum atomic E-state index is 9.76. The molecule has 1 aromatic rings. The summed E-state index contributed by atoms with van der Waals surface area (Å²) in [5.74, 6) is 0. The molecule has 4 heteroatoms. The molecule has 0 radical (unpaired) electrons. The Balaban J connectivity index is 1.79. The SMILES string of the molecule is C=C(C#N)[C@@H](O)[C@@H]1O[C@@H]1[C@H](C)OCc1ccccc1. The maximum Gasteiger partial charge on any atom is 0.118 e. The molecular weight excluding hydrogens is 242 g/mol. The van der Waals surface area contributed by atoms with Crippen LogP contribution in [0.3, 0.4) is 0 Å². The first-order valence-corrected chi connectivity index (χ1v) is 6.21. The van der Waals surface area contributed by atoms with Crippen molar-refractivity contribution in [3.8, 4) is 6.07 Å². The lowest BCUT2D eigenvalue weighted by Gasteiger charge is -2.11. The Hall–Kier alpha value is -1.67. The highest BCUT2D eigenvalue weighted by molar-refractivity contribution is 5.25. The van der Waals surface area contributed by atoms with Crippen LogP contribution in [-0.4, -0.2) is 29.5 Å². The third-order valence-electron chi connectivity index (χ3n) is 3.19. The first-order valence-electron chi connectivity index (χ1n) is 6.21. The molecule has 1 saturated heterocycles. The van der Waals surface area contributed by atoms with Crippen LogP contribution in [0, 0.1) is 11.3 Å². The fourth-order valence-electron chi connectivity index (χ4n) is 1.93. The Morgan fingerprint density at radius 3 is 2.79 bits per heavy atom. The van der Waals surface area contributed by atoms with Crippen molar-refractivity contribution in [1.29, 1.82) is 5.26 Å². The van der Waals surface area contributed by atoms with Crippen molar-refractivity contribution in [3.63, 3.8) is 0 Å². The molecule has 100 valence electrons. The number of hydrogen-bond acceptors (Lipinski definition) is 4. The molecule has 4 atom stereocenters. The summed E-state index contributed by atoms with van der Waals surface area (Å²) in [6, 6.07) is 11.7. The van der Waals surface area contributed by atoms with Crippen molar-refractivity contribution in [1.82, 2.24) is 0 Å². The molecule has 1 aliphatic heterocycles. The quantitative estimate of drug-likeness (QED) is 0.625. The molecule has 0 aliphatic carbocycles. The minimum absolute atomic E-state index is 0.128. The van der Waals surface area contributed by atoms with Gasteiger partial charge in [0.15, 0.2) is 0 Å². The number of nitrogens with zero attached hydrogens (tertiary/aromatic N) is 1. The van der Waals surface area contributed by atoms with Gasteiger partial charge in [-0.1, -0.05) is 36.9 Å². The lowest BCUT2D eigenvalue weighted by atomic mass is 10.1. The van der Waals surface area contributed by atoms with Crippen LogP contribution in [0.25, 0.3) is 0 Å². The van der Waals surface area contributed by atoms with E-state index < -0.39 is 6.10 Å². The van der Waals surface area contributed by atoms with Crippen LogP contribution in [-0.2, 0) is 16.1 Å². The summed E-state index contributed by atoms with van der Waals surface area (Å²) in [7, 11) is 0. The van der Waals surface area contributed by atoms with Gasteiger partial charge in [-0.2, -0.15) is 5.26 Å². The number of aliphatic hydroxyl groups is 1.